The third kappa shape index (κ3) is 7.56. The fourth-order valence-electron chi connectivity index (χ4n) is 3.84. The highest BCUT2D eigenvalue weighted by Crippen LogP contribution is 2.34. The first-order valence-electron chi connectivity index (χ1n) is 10.8. The van der Waals surface area contributed by atoms with E-state index in [0.29, 0.717) is 18.4 Å². The van der Waals surface area contributed by atoms with Crippen molar-refractivity contribution in [1.82, 2.24) is 0 Å². The maximum atomic E-state index is 14.2. The monoisotopic (exact) mass is 428 g/mol. The van der Waals surface area contributed by atoms with Crippen LogP contribution < -0.4 is 4.74 Å². The number of sulfone groups is 1. The molecular weight excluding hydrogens is 391 g/mol. The minimum absolute atomic E-state index is 0.0117. The normalized spacial score (nSPS) is 18.0. The van der Waals surface area contributed by atoms with Gasteiger partial charge in [0.1, 0.15) is 9.84 Å². The minimum atomic E-state index is -3.26. The number of benzene rings is 1. The zero-order chi connectivity index (χ0) is 21.7. The van der Waals surface area contributed by atoms with Crippen LogP contribution in [-0.2, 0) is 15.4 Å². The Labute approximate surface area is 175 Å². The van der Waals surface area contributed by atoms with Gasteiger partial charge in [0.25, 0.3) is 0 Å². The summed E-state index contributed by atoms with van der Waals surface area (Å²) in [5.74, 6) is -0.260. The molecule has 0 amide bonds. The molecule has 0 aliphatic heterocycles. The molecule has 0 aromatic heterocycles. The average Bonchev–Trinajstić information content (AvgIpc) is 3.13. The lowest BCUT2D eigenvalue weighted by atomic mass is 9.88. The van der Waals surface area contributed by atoms with Crippen LogP contribution in [0, 0.1) is 11.2 Å². The molecule has 0 spiro atoms. The van der Waals surface area contributed by atoms with Crippen LogP contribution in [0.3, 0.4) is 0 Å². The summed E-state index contributed by atoms with van der Waals surface area (Å²) in [4.78, 5) is 0. The van der Waals surface area contributed by atoms with Gasteiger partial charge in [0.05, 0.1) is 23.2 Å². The van der Waals surface area contributed by atoms with Crippen LogP contribution in [0.15, 0.2) is 18.2 Å². The van der Waals surface area contributed by atoms with Gasteiger partial charge in [0, 0.05) is 0 Å². The molecule has 1 aromatic rings. The van der Waals surface area contributed by atoms with Gasteiger partial charge >= 0.3 is 0 Å². The van der Waals surface area contributed by atoms with Gasteiger partial charge in [-0.15, -0.1) is 0 Å². The Balaban J connectivity index is 2.06. The molecule has 1 atom stereocenters. The molecular formula is C23H37FO4S. The quantitative estimate of drug-likeness (QED) is 0.544. The number of hydrogen-bond acceptors (Lipinski definition) is 4. The van der Waals surface area contributed by atoms with E-state index in [9.17, 15) is 17.9 Å². The van der Waals surface area contributed by atoms with Gasteiger partial charge in [0.15, 0.2) is 11.6 Å². The molecule has 4 nitrogen and oxygen atoms in total. The van der Waals surface area contributed by atoms with Crippen molar-refractivity contribution in [2.45, 2.75) is 90.8 Å². The second-order valence-corrected chi connectivity index (χ2v) is 11.9. The summed E-state index contributed by atoms with van der Waals surface area (Å²) in [6, 6.07) is 4.38. The zero-order valence-electron chi connectivity index (χ0n) is 18.3. The van der Waals surface area contributed by atoms with Gasteiger partial charge in [-0.2, -0.15) is 0 Å². The summed E-state index contributed by atoms with van der Waals surface area (Å²) < 4.78 is 45.0. The van der Waals surface area contributed by atoms with Crippen molar-refractivity contribution in [1.29, 1.82) is 0 Å². The van der Waals surface area contributed by atoms with E-state index in [1.807, 2.05) is 6.92 Å². The molecule has 1 aromatic carbocycles. The summed E-state index contributed by atoms with van der Waals surface area (Å²) in [6.45, 7) is 8.09. The number of rotatable bonds is 10. The molecule has 0 bridgehead atoms. The van der Waals surface area contributed by atoms with Crippen molar-refractivity contribution in [2.75, 3.05) is 11.5 Å². The largest absolute Gasteiger partial charge is 0.487 e. The first-order chi connectivity index (χ1) is 13.4. The zero-order valence-corrected chi connectivity index (χ0v) is 19.2. The molecule has 6 heteroatoms. The van der Waals surface area contributed by atoms with Crippen LogP contribution >= 0.6 is 0 Å². The lowest BCUT2D eigenvalue weighted by Gasteiger charge is -2.28. The fraction of sp³-hybridized carbons (Fsp3) is 0.739. The third-order valence-corrected chi connectivity index (χ3v) is 7.59. The average molecular weight is 429 g/mol. The maximum Gasteiger partial charge on any atom is 0.165 e. The van der Waals surface area contributed by atoms with Gasteiger partial charge in [0.2, 0.25) is 0 Å². The lowest BCUT2D eigenvalue weighted by molar-refractivity contribution is 0.0286. The van der Waals surface area contributed by atoms with Crippen LogP contribution in [-0.4, -0.2) is 31.1 Å². The van der Waals surface area contributed by atoms with Gasteiger partial charge in [-0.3, -0.25) is 0 Å². The molecule has 1 fully saturated rings. The van der Waals surface area contributed by atoms with Crippen molar-refractivity contribution in [3.8, 4) is 5.75 Å². The number of ether oxygens (including phenoxy) is 1. The molecule has 2 rings (SSSR count). The molecule has 1 aliphatic carbocycles. The van der Waals surface area contributed by atoms with E-state index < -0.39 is 21.3 Å². The van der Waals surface area contributed by atoms with Gasteiger partial charge in [-0.05, 0) is 74.5 Å². The molecule has 0 heterocycles. The summed E-state index contributed by atoms with van der Waals surface area (Å²) in [5, 5.41) is 11.1. The van der Waals surface area contributed by atoms with Gasteiger partial charge < -0.3 is 9.84 Å². The maximum absolute atomic E-state index is 14.2. The Bertz CT molecular complexity index is 764. The van der Waals surface area contributed by atoms with Crippen LogP contribution in [0.5, 0.6) is 5.75 Å². The van der Waals surface area contributed by atoms with Crippen molar-refractivity contribution in [3.05, 3.63) is 29.6 Å². The van der Waals surface area contributed by atoms with Gasteiger partial charge in [-0.1, -0.05) is 33.8 Å². The predicted octanol–water partition coefficient (Wildman–Crippen LogP) is 5.38. The molecule has 29 heavy (non-hydrogen) atoms. The van der Waals surface area contributed by atoms with Crippen molar-refractivity contribution in [2.24, 2.45) is 5.41 Å². The van der Waals surface area contributed by atoms with E-state index in [2.05, 4.69) is 20.8 Å². The number of aliphatic hydroxyl groups is 1. The highest BCUT2D eigenvalue weighted by atomic mass is 32.2. The molecule has 0 radical (unpaired) electrons. The van der Waals surface area contributed by atoms with Gasteiger partial charge in [-0.25, -0.2) is 12.8 Å². The Kier molecular flexibility index (Phi) is 8.14. The standard InChI is InChI=1S/C23H37FO4S/c1-5-23(25,14-16-29(26,27)15-8-13-22(2,3)4)18-11-12-20(24)21(17-18)28-19-9-6-7-10-19/h11-12,17,19,25H,5-10,13-16H2,1-4H3/t23-/m1/s1. The number of halogens is 1. The summed E-state index contributed by atoms with van der Waals surface area (Å²) in [6.07, 6.45) is 5.89. The summed E-state index contributed by atoms with van der Waals surface area (Å²) in [7, 11) is -3.26. The second-order valence-electron chi connectivity index (χ2n) is 9.62. The van der Waals surface area contributed by atoms with Crippen LogP contribution in [0.4, 0.5) is 4.39 Å². The van der Waals surface area contributed by atoms with E-state index in [0.717, 1.165) is 32.1 Å². The Morgan fingerprint density at radius 3 is 2.38 bits per heavy atom. The highest BCUT2D eigenvalue weighted by molar-refractivity contribution is 7.91. The fourth-order valence-corrected chi connectivity index (χ4v) is 5.28. The van der Waals surface area contributed by atoms with E-state index in [1.165, 1.54) is 12.1 Å². The first kappa shape index (κ1) is 24.1. The van der Waals surface area contributed by atoms with Crippen LogP contribution in [0.2, 0.25) is 0 Å². The SMILES string of the molecule is CC[C@@](O)(CCS(=O)(=O)CCCC(C)(C)C)c1ccc(F)c(OC2CCCC2)c1. The van der Waals surface area contributed by atoms with Crippen molar-refractivity contribution < 1.29 is 22.7 Å². The Hall–Kier alpha value is -1.14. The third-order valence-electron chi connectivity index (χ3n) is 5.86. The highest BCUT2D eigenvalue weighted by Gasteiger charge is 2.31. The van der Waals surface area contributed by atoms with Crippen molar-refractivity contribution in [3.63, 3.8) is 0 Å². The van der Waals surface area contributed by atoms with E-state index >= 15 is 0 Å². The summed E-state index contributed by atoms with van der Waals surface area (Å²) >= 11 is 0. The van der Waals surface area contributed by atoms with E-state index in [-0.39, 0.29) is 35.2 Å². The molecule has 1 aliphatic rings. The van der Waals surface area contributed by atoms with Crippen molar-refractivity contribution >= 4 is 9.84 Å². The minimum Gasteiger partial charge on any atom is -0.487 e. The van der Waals surface area contributed by atoms with Crippen LogP contribution in [0.1, 0.15) is 84.6 Å². The second kappa shape index (κ2) is 9.78. The smallest absolute Gasteiger partial charge is 0.165 e. The number of hydrogen-bond donors (Lipinski definition) is 1. The van der Waals surface area contributed by atoms with E-state index in [1.54, 1.807) is 6.07 Å². The summed E-state index contributed by atoms with van der Waals surface area (Å²) in [5.41, 5.74) is -0.707. The Morgan fingerprint density at radius 1 is 1.14 bits per heavy atom. The topological polar surface area (TPSA) is 63.6 Å². The molecule has 0 saturated heterocycles. The molecule has 0 unspecified atom stereocenters. The van der Waals surface area contributed by atoms with E-state index in [4.69, 9.17) is 4.74 Å². The van der Waals surface area contributed by atoms with Crippen LogP contribution in [0.25, 0.3) is 0 Å². The molecule has 166 valence electrons. The Morgan fingerprint density at radius 2 is 1.79 bits per heavy atom. The lowest BCUT2D eigenvalue weighted by Crippen LogP contribution is -2.29. The molecule has 1 saturated carbocycles. The first-order valence-corrected chi connectivity index (χ1v) is 12.7. The molecule has 1 N–H and O–H groups in total. The predicted molar refractivity (Wildman–Crippen MR) is 115 cm³/mol.